The Labute approximate surface area is 116 Å². The number of nitriles is 1. The third-order valence-electron chi connectivity index (χ3n) is 2.76. The topological polar surface area (TPSA) is 114 Å². The number of nitrogens with one attached hydrogen (secondary N) is 1. The maximum Gasteiger partial charge on any atom is 0.244 e. The number of carbonyl (C=O) groups is 1. The minimum Gasteiger partial charge on any atom is -0.394 e. The van der Waals surface area contributed by atoms with Gasteiger partial charge >= 0.3 is 0 Å². The van der Waals surface area contributed by atoms with Crippen molar-refractivity contribution < 1.29 is 20.1 Å². The molecule has 106 valence electrons. The Kier molecular flexibility index (Phi) is 5.87. The van der Waals surface area contributed by atoms with E-state index in [2.05, 4.69) is 5.32 Å². The van der Waals surface area contributed by atoms with Gasteiger partial charge in [-0.05, 0) is 23.8 Å². The first kappa shape index (κ1) is 15.9. The minimum absolute atomic E-state index is 0.520. The summed E-state index contributed by atoms with van der Waals surface area (Å²) in [5.41, 5.74) is -0.195. The van der Waals surface area contributed by atoms with E-state index in [0.717, 1.165) is 5.56 Å². The summed E-state index contributed by atoms with van der Waals surface area (Å²) in [5, 5.41) is 38.2. The zero-order valence-corrected chi connectivity index (χ0v) is 10.8. The molecule has 20 heavy (non-hydrogen) atoms. The van der Waals surface area contributed by atoms with Crippen molar-refractivity contribution in [3.05, 3.63) is 41.5 Å². The molecular formula is C14H16N2O4. The average molecular weight is 276 g/mol. The number of aliphatic hydroxyl groups is 3. The Balaban J connectivity index is 2.69. The molecule has 1 rings (SSSR count). The van der Waals surface area contributed by atoms with Gasteiger partial charge in [-0.25, -0.2) is 0 Å². The fourth-order valence-electron chi connectivity index (χ4n) is 1.41. The number of hydrogen-bond donors (Lipinski definition) is 4. The van der Waals surface area contributed by atoms with E-state index in [4.69, 9.17) is 20.6 Å². The van der Waals surface area contributed by atoms with Crippen LogP contribution in [0.2, 0.25) is 0 Å². The lowest BCUT2D eigenvalue weighted by Crippen LogP contribution is -2.56. The van der Waals surface area contributed by atoms with Gasteiger partial charge in [-0.2, -0.15) is 5.26 Å². The molecule has 0 aliphatic heterocycles. The first-order chi connectivity index (χ1) is 9.59. The van der Waals surface area contributed by atoms with Gasteiger partial charge in [0.05, 0.1) is 31.5 Å². The number of rotatable bonds is 6. The number of hydrogen-bond acceptors (Lipinski definition) is 5. The van der Waals surface area contributed by atoms with Crippen molar-refractivity contribution in [1.29, 1.82) is 5.26 Å². The molecule has 0 heterocycles. The van der Waals surface area contributed by atoms with Crippen molar-refractivity contribution in [1.82, 2.24) is 5.32 Å². The molecule has 0 spiro atoms. The summed E-state index contributed by atoms with van der Waals surface area (Å²) in [6.07, 6.45) is 2.74. The Bertz CT molecular complexity index is 505. The molecule has 0 aromatic heterocycles. The molecule has 6 nitrogen and oxygen atoms in total. The van der Waals surface area contributed by atoms with Crippen LogP contribution in [0.5, 0.6) is 0 Å². The Morgan fingerprint density at radius 3 is 2.20 bits per heavy atom. The zero-order valence-electron chi connectivity index (χ0n) is 10.8. The summed E-state index contributed by atoms with van der Waals surface area (Å²) in [4.78, 5) is 11.6. The highest BCUT2D eigenvalue weighted by Gasteiger charge is 2.29. The van der Waals surface area contributed by atoms with Crippen LogP contribution in [0.4, 0.5) is 0 Å². The lowest BCUT2D eigenvalue weighted by Gasteiger charge is -2.27. The molecule has 0 saturated carbocycles. The SMILES string of the molecule is N#Cc1ccc(/C=C/C(=O)NC(CO)(CO)CO)cc1. The van der Waals surface area contributed by atoms with E-state index in [0.29, 0.717) is 5.56 Å². The zero-order chi connectivity index (χ0) is 15.0. The molecule has 0 atom stereocenters. The summed E-state index contributed by atoms with van der Waals surface area (Å²) < 4.78 is 0. The molecule has 1 aromatic rings. The maximum atomic E-state index is 11.6. The van der Waals surface area contributed by atoms with Crippen molar-refractivity contribution >= 4 is 12.0 Å². The van der Waals surface area contributed by atoms with Crippen LogP contribution in [0.25, 0.3) is 6.08 Å². The van der Waals surface area contributed by atoms with E-state index in [1.54, 1.807) is 24.3 Å². The molecule has 0 saturated heterocycles. The van der Waals surface area contributed by atoms with Gasteiger partial charge in [0.25, 0.3) is 0 Å². The second-order valence-corrected chi connectivity index (χ2v) is 4.31. The van der Waals surface area contributed by atoms with E-state index in [9.17, 15) is 4.79 Å². The summed E-state index contributed by atoms with van der Waals surface area (Å²) >= 11 is 0. The van der Waals surface area contributed by atoms with Crippen LogP contribution in [0.15, 0.2) is 30.3 Å². The summed E-state index contributed by atoms with van der Waals surface area (Å²) in [5.74, 6) is -0.550. The molecule has 4 N–H and O–H groups in total. The van der Waals surface area contributed by atoms with Crippen molar-refractivity contribution in [2.45, 2.75) is 5.54 Å². The number of aliphatic hydroxyl groups excluding tert-OH is 3. The molecular weight excluding hydrogens is 260 g/mol. The minimum atomic E-state index is -1.44. The predicted molar refractivity (Wildman–Crippen MR) is 72.3 cm³/mol. The standard InChI is InChI=1S/C14H16N2O4/c15-7-12-3-1-11(2-4-12)5-6-13(20)16-14(8-17,9-18)10-19/h1-6,17-19H,8-10H2,(H,16,20)/b6-5+. The molecule has 0 fully saturated rings. The quantitative estimate of drug-likeness (QED) is 0.518. The summed E-state index contributed by atoms with van der Waals surface area (Å²) in [6.45, 7) is -1.72. The molecule has 0 radical (unpaired) electrons. The van der Waals surface area contributed by atoms with Crippen LogP contribution in [0.1, 0.15) is 11.1 Å². The first-order valence-electron chi connectivity index (χ1n) is 5.92. The molecule has 1 amide bonds. The maximum absolute atomic E-state index is 11.6. The van der Waals surface area contributed by atoms with Gasteiger partial charge in [-0.3, -0.25) is 4.79 Å². The van der Waals surface area contributed by atoms with Crippen LogP contribution in [0, 0.1) is 11.3 Å². The monoisotopic (exact) mass is 276 g/mol. The number of nitrogens with zero attached hydrogens (tertiary/aromatic N) is 1. The third-order valence-corrected chi connectivity index (χ3v) is 2.76. The molecule has 0 aliphatic rings. The van der Waals surface area contributed by atoms with Gasteiger partial charge in [0.15, 0.2) is 0 Å². The second kappa shape index (κ2) is 7.40. The molecule has 0 unspecified atom stereocenters. The van der Waals surface area contributed by atoms with Gasteiger partial charge in [0, 0.05) is 6.08 Å². The van der Waals surface area contributed by atoms with Crippen molar-refractivity contribution in [2.75, 3.05) is 19.8 Å². The van der Waals surface area contributed by atoms with Gasteiger partial charge in [0.2, 0.25) is 5.91 Å². The predicted octanol–water partition coefficient (Wildman–Crippen LogP) is -0.597. The first-order valence-corrected chi connectivity index (χ1v) is 5.92. The molecule has 0 bridgehead atoms. The van der Waals surface area contributed by atoms with E-state index in [1.165, 1.54) is 12.2 Å². The van der Waals surface area contributed by atoms with Gasteiger partial charge in [0.1, 0.15) is 5.54 Å². The van der Waals surface area contributed by atoms with Crippen molar-refractivity contribution in [3.63, 3.8) is 0 Å². The Hall–Kier alpha value is -2.20. The fraction of sp³-hybridized carbons (Fsp3) is 0.286. The number of amides is 1. The summed E-state index contributed by atoms with van der Waals surface area (Å²) in [6, 6.07) is 8.59. The van der Waals surface area contributed by atoms with E-state index >= 15 is 0 Å². The summed E-state index contributed by atoms with van der Waals surface area (Å²) in [7, 11) is 0. The van der Waals surface area contributed by atoms with Crippen LogP contribution < -0.4 is 5.32 Å². The smallest absolute Gasteiger partial charge is 0.244 e. The Morgan fingerprint density at radius 1 is 1.20 bits per heavy atom. The normalized spacial score (nSPS) is 11.3. The molecule has 0 aliphatic carbocycles. The lowest BCUT2D eigenvalue weighted by molar-refractivity contribution is -0.120. The average Bonchev–Trinajstić information content (AvgIpc) is 2.51. The van der Waals surface area contributed by atoms with E-state index in [-0.39, 0.29) is 0 Å². The molecule has 6 heteroatoms. The van der Waals surface area contributed by atoms with Gasteiger partial charge in [-0.15, -0.1) is 0 Å². The van der Waals surface area contributed by atoms with Crippen LogP contribution in [0.3, 0.4) is 0 Å². The largest absolute Gasteiger partial charge is 0.394 e. The number of benzene rings is 1. The van der Waals surface area contributed by atoms with E-state index < -0.39 is 31.3 Å². The van der Waals surface area contributed by atoms with Gasteiger partial charge in [-0.1, -0.05) is 12.1 Å². The molecule has 1 aromatic carbocycles. The highest BCUT2D eigenvalue weighted by molar-refractivity contribution is 5.92. The van der Waals surface area contributed by atoms with Crippen molar-refractivity contribution in [3.8, 4) is 6.07 Å². The highest BCUT2D eigenvalue weighted by Crippen LogP contribution is 2.06. The van der Waals surface area contributed by atoms with E-state index in [1.807, 2.05) is 6.07 Å². The number of carbonyl (C=O) groups excluding carboxylic acids is 1. The van der Waals surface area contributed by atoms with Crippen LogP contribution >= 0.6 is 0 Å². The van der Waals surface area contributed by atoms with Crippen LogP contribution in [-0.4, -0.2) is 46.6 Å². The lowest BCUT2D eigenvalue weighted by atomic mass is 10.0. The van der Waals surface area contributed by atoms with Crippen LogP contribution in [-0.2, 0) is 4.79 Å². The third kappa shape index (κ3) is 4.17. The second-order valence-electron chi connectivity index (χ2n) is 4.31. The van der Waals surface area contributed by atoms with Crippen molar-refractivity contribution in [2.24, 2.45) is 0 Å². The Morgan fingerprint density at radius 2 is 1.75 bits per heavy atom. The highest BCUT2D eigenvalue weighted by atomic mass is 16.3. The fourth-order valence-corrected chi connectivity index (χ4v) is 1.41. The van der Waals surface area contributed by atoms with Gasteiger partial charge < -0.3 is 20.6 Å².